The maximum Gasteiger partial charge on any atom is 0.282 e. The smallest absolute Gasteiger partial charge is 0.282 e. The molecule has 0 spiro atoms. The van der Waals surface area contributed by atoms with Gasteiger partial charge in [0.1, 0.15) is 5.84 Å². The van der Waals surface area contributed by atoms with Crippen molar-refractivity contribution in [3.05, 3.63) is 51.3 Å². The monoisotopic (exact) mass is 475 g/mol. The summed E-state index contributed by atoms with van der Waals surface area (Å²) in [5.41, 5.74) is 4.83. The average Bonchev–Trinajstić information content (AvgIpc) is 3.26. The fourth-order valence-corrected chi connectivity index (χ4v) is 5.30. The van der Waals surface area contributed by atoms with E-state index in [0.717, 1.165) is 49.4 Å². The van der Waals surface area contributed by atoms with E-state index in [1.165, 1.54) is 11.1 Å². The van der Waals surface area contributed by atoms with Crippen LogP contribution >= 0.6 is 0 Å². The molecule has 2 aliphatic rings. The number of aromatic amines is 1. The Balaban J connectivity index is 1.53. The minimum absolute atomic E-state index is 0.0668. The molecule has 1 N–H and O–H groups in total. The summed E-state index contributed by atoms with van der Waals surface area (Å²) in [7, 11) is 5.32. The molecule has 0 bridgehead atoms. The molecule has 184 valence electrons. The van der Waals surface area contributed by atoms with Crippen LogP contribution in [0.3, 0.4) is 0 Å². The Hall–Kier alpha value is -3.55. The first-order valence-electron chi connectivity index (χ1n) is 12.2. The molecule has 2 aromatic carbocycles. The minimum Gasteiger partial charge on any atom is -0.493 e. The van der Waals surface area contributed by atoms with Crippen molar-refractivity contribution >= 4 is 28.4 Å². The van der Waals surface area contributed by atoms with Crippen LogP contribution in [0.25, 0.3) is 10.9 Å². The van der Waals surface area contributed by atoms with Gasteiger partial charge in [-0.3, -0.25) is 4.79 Å². The molecule has 8 heteroatoms. The largest absolute Gasteiger partial charge is 0.493 e. The number of methoxy groups -OCH3 is 2. The van der Waals surface area contributed by atoms with E-state index < -0.39 is 0 Å². The van der Waals surface area contributed by atoms with Crippen molar-refractivity contribution in [2.75, 3.05) is 39.3 Å². The van der Waals surface area contributed by atoms with Crippen LogP contribution in [-0.4, -0.2) is 55.1 Å². The molecular weight excluding hydrogens is 442 g/mol. The van der Waals surface area contributed by atoms with Crippen LogP contribution in [-0.2, 0) is 13.0 Å². The van der Waals surface area contributed by atoms with Crippen molar-refractivity contribution in [1.29, 1.82) is 0 Å². The van der Waals surface area contributed by atoms with Gasteiger partial charge in [0.25, 0.3) is 5.56 Å². The molecule has 1 saturated heterocycles. The Kier molecular flexibility index (Phi) is 6.13. The standard InChI is InChI=1S/C27H33N5O3/c1-16(2)23-24-20(14-21(34-4)25(23)35-5)29-27(30-26(24)33)32-13-11-18-17(15-32)8-6-9-19(18)28-22-10-7-12-31(22)3/h6,8-9,14,16H,7,10-13,15H2,1-5H3,(H,29,30,33)/b28-22+. The third-order valence-electron chi connectivity index (χ3n) is 7.08. The van der Waals surface area contributed by atoms with Crippen LogP contribution in [0.15, 0.2) is 34.1 Å². The van der Waals surface area contributed by atoms with E-state index in [2.05, 4.69) is 45.0 Å². The van der Waals surface area contributed by atoms with E-state index in [1.807, 2.05) is 19.9 Å². The Morgan fingerprint density at radius 1 is 1.14 bits per heavy atom. The van der Waals surface area contributed by atoms with Crippen LogP contribution in [0.2, 0.25) is 0 Å². The van der Waals surface area contributed by atoms with Crippen LogP contribution < -0.4 is 19.9 Å². The zero-order valence-corrected chi connectivity index (χ0v) is 21.1. The van der Waals surface area contributed by atoms with E-state index in [-0.39, 0.29) is 11.5 Å². The van der Waals surface area contributed by atoms with Crippen molar-refractivity contribution in [2.45, 2.75) is 45.6 Å². The number of nitrogens with zero attached hydrogens (tertiary/aromatic N) is 4. The average molecular weight is 476 g/mol. The molecular formula is C27H33N5O3. The minimum atomic E-state index is -0.256. The molecule has 0 radical (unpaired) electrons. The molecule has 8 nitrogen and oxygen atoms in total. The normalized spacial score (nSPS) is 16.9. The quantitative estimate of drug-likeness (QED) is 0.590. The topological polar surface area (TPSA) is 83.0 Å². The third-order valence-corrected chi connectivity index (χ3v) is 7.08. The van der Waals surface area contributed by atoms with E-state index >= 15 is 0 Å². The molecule has 3 heterocycles. The predicted molar refractivity (Wildman–Crippen MR) is 140 cm³/mol. The van der Waals surface area contributed by atoms with Crippen LogP contribution in [0.1, 0.15) is 49.3 Å². The van der Waals surface area contributed by atoms with Crippen molar-refractivity contribution in [3.8, 4) is 11.5 Å². The summed E-state index contributed by atoms with van der Waals surface area (Å²) in [6.45, 7) is 6.57. The predicted octanol–water partition coefficient (Wildman–Crippen LogP) is 4.38. The Morgan fingerprint density at radius 2 is 1.97 bits per heavy atom. The van der Waals surface area contributed by atoms with Crippen molar-refractivity contribution in [3.63, 3.8) is 0 Å². The fourth-order valence-electron chi connectivity index (χ4n) is 5.30. The summed E-state index contributed by atoms with van der Waals surface area (Å²) < 4.78 is 11.2. The lowest BCUT2D eigenvalue weighted by molar-refractivity contribution is 0.351. The van der Waals surface area contributed by atoms with E-state index in [1.54, 1.807) is 14.2 Å². The van der Waals surface area contributed by atoms with Gasteiger partial charge in [-0.15, -0.1) is 0 Å². The Morgan fingerprint density at radius 3 is 2.66 bits per heavy atom. The molecule has 0 saturated carbocycles. The second-order valence-corrected chi connectivity index (χ2v) is 9.61. The number of hydrogen-bond acceptors (Lipinski definition) is 6. The number of H-pyrrole nitrogens is 1. The summed E-state index contributed by atoms with van der Waals surface area (Å²) in [5, 5.41) is 0.553. The van der Waals surface area contributed by atoms with Crippen LogP contribution in [0.4, 0.5) is 11.6 Å². The molecule has 1 aromatic heterocycles. The summed E-state index contributed by atoms with van der Waals surface area (Å²) in [6, 6.07) is 8.15. The zero-order valence-electron chi connectivity index (χ0n) is 21.1. The Bertz CT molecular complexity index is 1360. The fraction of sp³-hybridized carbons (Fsp3) is 0.444. The highest BCUT2D eigenvalue weighted by molar-refractivity contribution is 5.88. The number of amidine groups is 1. The number of aromatic nitrogens is 2. The van der Waals surface area contributed by atoms with E-state index in [4.69, 9.17) is 14.5 Å². The van der Waals surface area contributed by atoms with Gasteiger partial charge in [-0.1, -0.05) is 26.0 Å². The van der Waals surface area contributed by atoms with Crippen molar-refractivity contribution in [2.24, 2.45) is 4.99 Å². The second kappa shape index (κ2) is 9.24. The van der Waals surface area contributed by atoms with Gasteiger partial charge in [-0.2, -0.15) is 4.98 Å². The molecule has 5 rings (SSSR count). The van der Waals surface area contributed by atoms with Gasteiger partial charge in [0.05, 0.1) is 30.8 Å². The number of likely N-dealkylation sites (tertiary alicyclic amines) is 1. The summed E-state index contributed by atoms with van der Waals surface area (Å²) in [5.74, 6) is 2.98. The molecule has 1 fully saturated rings. The first kappa shape index (κ1) is 23.2. The first-order chi connectivity index (χ1) is 16.9. The van der Waals surface area contributed by atoms with Gasteiger partial charge >= 0.3 is 0 Å². The van der Waals surface area contributed by atoms with Crippen molar-refractivity contribution < 1.29 is 9.47 Å². The molecule has 0 amide bonds. The number of rotatable bonds is 5. The lowest BCUT2D eigenvalue weighted by atomic mass is 9.96. The number of nitrogens with one attached hydrogen (secondary N) is 1. The molecule has 2 aliphatic heterocycles. The number of ether oxygens (including phenoxy) is 2. The van der Waals surface area contributed by atoms with Gasteiger partial charge in [-0.05, 0) is 36.0 Å². The van der Waals surface area contributed by atoms with Crippen LogP contribution in [0.5, 0.6) is 11.5 Å². The van der Waals surface area contributed by atoms with Gasteiger partial charge in [0.15, 0.2) is 11.5 Å². The van der Waals surface area contributed by atoms with E-state index in [0.29, 0.717) is 34.9 Å². The molecule has 3 aromatic rings. The lowest BCUT2D eigenvalue weighted by Gasteiger charge is -2.30. The van der Waals surface area contributed by atoms with Crippen molar-refractivity contribution in [1.82, 2.24) is 14.9 Å². The molecule has 35 heavy (non-hydrogen) atoms. The maximum absolute atomic E-state index is 13.3. The van der Waals surface area contributed by atoms with Gasteiger partial charge < -0.3 is 24.3 Å². The van der Waals surface area contributed by atoms with E-state index in [9.17, 15) is 4.79 Å². The maximum atomic E-state index is 13.3. The number of fused-ring (bicyclic) bond motifs is 2. The Labute approximate surface area is 205 Å². The lowest BCUT2D eigenvalue weighted by Crippen LogP contribution is -2.33. The summed E-state index contributed by atoms with van der Waals surface area (Å²) in [4.78, 5) is 30.5. The van der Waals surface area contributed by atoms with Crippen LogP contribution in [0, 0.1) is 0 Å². The highest BCUT2D eigenvalue weighted by atomic mass is 16.5. The van der Waals surface area contributed by atoms with Gasteiger partial charge in [0, 0.05) is 44.7 Å². The summed E-state index contributed by atoms with van der Waals surface area (Å²) in [6.07, 6.45) is 3.03. The number of benzene rings is 2. The highest BCUT2D eigenvalue weighted by Gasteiger charge is 2.25. The second-order valence-electron chi connectivity index (χ2n) is 9.61. The van der Waals surface area contributed by atoms with Gasteiger partial charge in [0.2, 0.25) is 5.95 Å². The SMILES string of the molecule is COc1cc2[nH]c(N3CCc4c(cccc4/N=C4\CCCN4C)C3)nc(=O)c2c(C(C)C)c1OC. The van der Waals surface area contributed by atoms with Gasteiger partial charge in [-0.25, -0.2) is 4.99 Å². The third kappa shape index (κ3) is 4.11. The molecule has 0 unspecified atom stereocenters. The number of hydrogen-bond donors (Lipinski definition) is 1. The summed E-state index contributed by atoms with van der Waals surface area (Å²) >= 11 is 0. The molecule has 0 atom stereocenters. The number of aliphatic imine (C=N–C) groups is 1. The number of anilines is 1. The zero-order chi connectivity index (χ0) is 24.7. The first-order valence-corrected chi connectivity index (χ1v) is 12.2. The molecule has 0 aliphatic carbocycles. The highest BCUT2D eigenvalue weighted by Crippen LogP contribution is 2.40.